The maximum Gasteiger partial charge on any atom is 0.256 e. The molecular formula is C19H18N6O. The Hall–Kier alpha value is -3.53. The summed E-state index contributed by atoms with van der Waals surface area (Å²) in [5, 5.41) is 16.3. The van der Waals surface area contributed by atoms with Crippen molar-refractivity contribution in [3.8, 4) is 12.0 Å². The third-order valence-corrected chi connectivity index (χ3v) is 3.74. The van der Waals surface area contributed by atoms with Crippen molar-refractivity contribution in [3.05, 3.63) is 65.6 Å². The van der Waals surface area contributed by atoms with E-state index in [2.05, 4.69) is 20.4 Å². The highest BCUT2D eigenvalue weighted by molar-refractivity contribution is 6.04. The molecule has 0 unspecified atom stereocenters. The zero-order chi connectivity index (χ0) is 18.7. The molecule has 0 aliphatic heterocycles. The number of nitrogens with one attached hydrogen (secondary N) is 1. The van der Waals surface area contributed by atoms with Gasteiger partial charge in [-0.2, -0.15) is 15.0 Å². The fourth-order valence-electron chi connectivity index (χ4n) is 2.27. The lowest BCUT2D eigenvalue weighted by Crippen LogP contribution is -2.16. The number of hydrogen-bond acceptors (Lipinski definition) is 5. The summed E-state index contributed by atoms with van der Waals surface area (Å²) in [5.41, 5.74) is 1.55. The number of carbonyl (C=O) groups excluding carboxylic acids is 1. The number of hydrogen-bond donors (Lipinski definition) is 1. The third kappa shape index (κ3) is 3.59. The van der Waals surface area contributed by atoms with Gasteiger partial charge in [-0.25, -0.2) is 9.97 Å². The van der Waals surface area contributed by atoms with Crippen LogP contribution in [-0.2, 0) is 5.41 Å². The van der Waals surface area contributed by atoms with Crippen LogP contribution < -0.4 is 5.32 Å². The number of nitrogens with zero attached hydrogens (tertiary/aromatic N) is 5. The largest absolute Gasteiger partial charge is 0.306 e. The van der Waals surface area contributed by atoms with Gasteiger partial charge in [0.25, 0.3) is 11.9 Å². The molecule has 0 bridgehead atoms. The van der Waals surface area contributed by atoms with Crippen LogP contribution >= 0.6 is 0 Å². The molecule has 7 nitrogen and oxygen atoms in total. The van der Waals surface area contributed by atoms with Crippen LogP contribution in [0, 0.1) is 11.3 Å². The van der Waals surface area contributed by atoms with Crippen molar-refractivity contribution in [3.63, 3.8) is 0 Å². The maximum atomic E-state index is 12.6. The molecule has 0 radical (unpaired) electrons. The molecule has 1 amide bonds. The highest BCUT2D eigenvalue weighted by Crippen LogP contribution is 2.25. The van der Waals surface area contributed by atoms with Gasteiger partial charge >= 0.3 is 0 Å². The van der Waals surface area contributed by atoms with Crippen LogP contribution in [0.4, 0.5) is 5.82 Å². The third-order valence-electron chi connectivity index (χ3n) is 3.74. The summed E-state index contributed by atoms with van der Waals surface area (Å²) in [6, 6.07) is 12.0. The van der Waals surface area contributed by atoms with Crippen molar-refractivity contribution in [2.75, 3.05) is 5.32 Å². The highest BCUT2D eigenvalue weighted by atomic mass is 16.1. The topological polar surface area (TPSA) is 96.5 Å². The molecule has 3 rings (SSSR count). The average Bonchev–Trinajstić information content (AvgIpc) is 3.06. The van der Waals surface area contributed by atoms with E-state index in [4.69, 9.17) is 5.26 Å². The van der Waals surface area contributed by atoms with Gasteiger partial charge in [-0.15, -0.1) is 0 Å². The molecule has 2 heterocycles. The number of anilines is 1. The van der Waals surface area contributed by atoms with Crippen molar-refractivity contribution >= 4 is 11.7 Å². The highest BCUT2D eigenvalue weighted by Gasteiger charge is 2.22. The Morgan fingerprint density at radius 1 is 1.15 bits per heavy atom. The molecule has 0 fully saturated rings. The molecule has 7 heteroatoms. The first-order valence-corrected chi connectivity index (χ1v) is 8.08. The van der Waals surface area contributed by atoms with E-state index in [1.807, 2.05) is 32.9 Å². The van der Waals surface area contributed by atoms with E-state index >= 15 is 0 Å². The van der Waals surface area contributed by atoms with Crippen molar-refractivity contribution < 1.29 is 4.79 Å². The molecule has 0 saturated heterocycles. The normalized spacial score (nSPS) is 11.0. The number of amides is 1. The minimum atomic E-state index is -0.299. The standard InChI is InChI=1S/C19H18N6O/c1-19(2,3)15-11-16(25(24-15)18-21-9-4-10-22-18)23-17(26)14-7-5-13(12-20)6-8-14/h4-11H,1-3H3,(H,23,26). The Kier molecular flexibility index (Phi) is 4.50. The predicted molar refractivity (Wildman–Crippen MR) is 97.0 cm³/mol. The minimum Gasteiger partial charge on any atom is -0.306 e. The zero-order valence-electron chi connectivity index (χ0n) is 14.8. The molecule has 2 aromatic heterocycles. The van der Waals surface area contributed by atoms with Gasteiger partial charge in [-0.1, -0.05) is 20.8 Å². The number of aromatic nitrogens is 4. The van der Waals surface area contributed by atoms with E-state index in [0.29, 0.717) is 22.9 Å². The molecule has 1 N–H and O–H groups in total. The lowest BCUT2D eigenvalue weighted by molar-refractivity contribution is 0.102. The fourth-order valence-corrected chi connectivity index (χ4v) is 2.27. The summed E-state index contributed by atoms with van der Waals surface area (Å²) in [6.07, 6.45) is 3.24. The van der Waals surface area contributed by atoms with E-state index in [-0.39, 0.29) is 11.3 Å². The Bertz CT molecular complexity index is 962. The molecular weight excluding hydrogens is 328 g/mol. The number of nitriles is 1. The summed E-state index contributed by atoms with van der Waals surface area (Å²) in [4.78, 5) is 21.0. The second-order valence-electron chi connectivity index (χ2n) is 6.77. The monoisotopic (exact) mass is 346 g/mol. The maximum absolute atomic E-state index is 12.6. The Morgan fingerprint density at radius 2 is 1.81 bits per heavy atom. The Balaban J connectivity index is 1.96. The molecule has 0 saturated carbocycles. The molecule has 0 spiro atoms. The van der Waals surface area contributed by atoms with E-state index in [9.17, 15) is 4.79 Å². The van der Waals surface area contributed by atoms with Gasteiger partial charge in [0, 0.05) is 29.4 Å². The van der Waals surface area contributed by atoms with Crippen LogP contribution in [0.1, 0.15) is 42.4 Å². The van der Waals surface area contributed by atoms with E-state index in [1.165, 1.54) is 4.68 Å². The van der Waals surface area contributed by atoms with Crippen LogP contribution in [0.2, 0.25) is 0 Å². The smallest absolute Gasteiger partial charge is 0.256 e. The van der Waals surface area contributed by atoms with Gasteiger partial charge in [-0.05, 0) is 30.3 Å². The quantitative estimate of drug-likeness (QED) is 0.786. The van der Waals surface area contributed by atoms with Crippen LogP contribution in [0.25, 0.3) is 5.95 Å². The van der Waals surface area contributed by atoms with Gasteiger partial charge in [-0.3, -0.25) is 4.79 Å². The molecule has 3 aromatic rings. The van der Waals surface area contributed by atoms with Gasteiger partial charge in [0.2, 0.25) is 0 Å². The molecule has 0 aliphatic rings. The average molecular weight is 346 g/mol. The second kappa shape index (κ2) is 6.76. The zero-order valence-corrected chi connectivity index (χ0v) is 14.8. The second-order valence-corrected chi connectivity index (χ2v) is 6.77. The van der Waals surface area contributed by atoms with E-state index in [0.717, 1.165) is 5.69 Å². The Labute approximate surface area is 151 Å². The summed E-state index contributed by atoms with van der Waals surface area (Å²) < 4.78 is 1.52. The first-order chi connectivity index (χ1) is 12.4. The fraction of sp³-hybridized carbons (Fsp3) is 0.211. The molecule has 26 heavy (non-hydrogen) atoms. The number of rotatable bonds is 3. The summed E-state index contributed by atoms with van der Waals surface area (Å²) >= 11 is 0. The summed E-state index contributed by atoms with van der Waals surface area (Å²) in [5.74, 6) is 0.556. The van der Waals surface area contributed by atoms with Crippen LogP contribution in [-0.4, -0.2) is 25.7 Å². The Morgan fingerprint density at radius 3 is 2.38 bits per heavy atom. The lowest BCUT2D eigenvalue weighted by Gasteiger charge is -2.13. The summed E-state index contributed by atoms with van der Waals surface area (Å²) in [7, 11) is 0. The predicted octanol–water partition coefficient (Wildman–Crippen LogP) is 3.08. The number of benzene rings is 1. The first kappa shape index (κ1) is 17.3. The van der Waals surface area contributed by atoms with Crippen LogP contribution in [0.5, 0.6) is 0 Å². The van der Waals surface area contributed by atoms with E-state index < -0.39 is 0 Å². The van der Waals surface area contributed by atoms with Crippen molar-refractivity contribution in [2.24, 2.45) is 0 Å². The van der Waals surface area contributed by atoms with Crippen LogP contribution in [0.15, 0.2) is 48.8 Å². The molecule has 0 aliphatic carbocycles. The van der Waals surface area contributed by atoms with Gasteiger partial charge in [0.15, 0.2) is 0 Å². The summed E-state index contributed by atoms with van der Waals surface area (Å²) in [6.45, 7) is 6.12. The van der Waals surface area contributed by atoms with Crippen molar-refractivity contribution in [2.45, 2.75) is 26.2 Å². The van der Waals surface area contributed by atoms with Gasteiger partial charge in [0.1, 0.15) is 5.82 Å². The SMILES string of the molecule is CC(C)(C)c1cc(NC(=O)c2ccc(C#N)cc2)n(-c2ncccn2)n1. The number of carbonyl (C=O) groups is 1. The lowest BCUT2D eigenvalue weighted by atomic mass is 9.92. The van der Waals surface area contributed by atoms with Gasteiger partial charge < -0.3 is 5.32 Å². The van der Waals surface area contributed by atoms with Crippen molar-refractivity contribution in [1.29, 1.82) is 5.26 Å². The van der Waals surface area contributed by atoms with Gasteiger partial charge in [0.05, 0.1) is 17.3 Å². The van der Waals surface area contributed by atoms with Crippen molar-refractivity contribution in [1.82, 2.24) is 19.7 Å². The molecule has 1 aromatic carbocycles. The molecule has 0 atom stereocenters. The van der Waals surface area contributed by atoms with Crippen LogP contribution in [0.3, 0.4) is 0 Å². The first-order valence-electron chi connectivity index (χ1n) is 8.08. The van der Waals surface area contributed by atoms with E-state index in [1.54, 1.807) is 42.7 Å². The minimum absolute atomic E-state index is 0.200. The molecule has 130 valence electrons.